The Bertz CT molecular complexity index is 651. The standard InChI is InChI=1S/C15H19BrN4O/c1-10(17-2)12-9-11(16)5-6-14(12)20-8-7-13(18-20)15(21)19(3)4/h5-10,17H,1-4H3. The average Bonchev–Trinajstić information content (AvgIpc) is 2.94. The third kappa shape index (κ3) is 3.33. The predicted molar refractivity (Wildman–Crippen MR) is 86.8 cm³/mol. The Morgan fingerprint density at radius 1 is 1.38 bits per heavy atom. The Morgan fingerprint density at radius 2 is 2.10 bits per heavy atom. The maximum Gasteiger partial charge on any atom is 0.273 e. The maximum absolute atomic E-state index is 11.9. The molecule has 0 saturated carbocycles. The van der Waals surface area contributed by atoms with Gasteiger partial charge in [0.15, 0.2) is 5.69 Å². The Kier molecular flexibility index (Phi) is 4.80. The molecule has 1 amide bonds. The van der Waals surface area contributed by atoms with E-state index in [1.54, 1.807) is 24.8 Å². The number of hydrogen-bond donors (Lipinski definition) is 1. The van der Waals surface area contributed by atoms with Crippen LogP contribution in [0.15, 0.2) is 34.9 Å². The van der Waals surface area contributed by atoms with Crippen LogP contribution in [0.3, 0.4) is 0 Å². The van der Waals surface area contributed by atoms with Gasteiger partial charge < -0.3 is 10.2 Å². The molecule has 0 aliphatic carbocycles. The number of halogens is 1. The summed E-state index contributed by atoms with van der Waals surface area (Å²) in [5, 5.41) is 7.62. The summed E-state index contributed by atoms with van der Waals surface area (Å²) >= 11 is 3.50. The molecule has 6 heteroatoms. The van der Waals surface area contributed by atoms with Crippen LogP contribution in [0.4, 0.5) is 0 Å². The molecule has 0 aliphatic rings. The van der Waals surface area contributed by atoms with Gasteiger partial charge in [0.25, 0.3) is 5.91 Å². The molecule has 1 unspecified atom stereocenters. The summed E-state index contributed by atoms with van der Waals surface area (Å²) in [6, 6.07) is 7.93. The van der Waals surface area contributed by atoms with Crippen molar-refractivity contribution in [3.8, 4) is 5.69 Å². The molecule has 1 heterocycles. The molecular formula is C15H19BrN4O. The van der Waals surface area contributed by atoms with Crippen molar-refractivity contribution in [2.75, 3.05) is 21.1 Å². The maximum atomic E-state index is 11.9. The Balaban J connectivity index is 2.45. The zero-order valence-corrected chi connectivity index (χ0v) is 14.2. The van der Waals surface area contributed by atoms with Gasteiger partial charge in [0.2, 0.25) is 0 Å². The van der Waals surface area contributed by atoms with Crippen molar-refractivity contribution in [1.29, 1.82) is 0 Å². The van der Waals surface area contributed by atoms with Crippen LogP contribution in [0.25, 0.3) is 5.69 Å². The van der Waals surface area contributed by atoms with Gasteiger partial charge in [-0.2, -0.15) is 5.10 Å². The van der Waals surface area contributed by atoms with Gasteiger partial charge in [-0.25, -0.2) is 4.68 Å². The molecule has 0 fully saturated rings. The minimum absolute atomic E-state index is 0.103. The molecule has 21 heavy (non-hydrogen) atoms. The van der Waals surface area contributed by atoms with Gasteiger partial charge in [0.05, 0.1) is 5.69 Å². The number of nitrogens with one attached hydrogen (secondary N) is 1. The normalized spacial score (nSPS) is 12.2. The van der Waals surface area contributed by atoms with Gasteiger partial charge in [0.1, 0.15) is 0 Å². The molecule has 1 aromatic carbocycles. The van der Waals surface area contributed by atoms with Crippen LogP contribution >= 0.6 is 15.9 Å². The first kappa shape index (κ1) is 15.7. The molecule has 1 aromatic heterocycles. The summed E-state index contributed by atoms with van der Waals surface area (Å²) in [5.74, 6) is -0.103. The second-order valence-corrected chi connectivity index (χ2v) is 5.97. The predicted octanol–water partition coefficient (Wildman–Crippen LogP) is 2.62. The van der Waals surface area contributed by atoms with E-state index in [4.69, 9.17) is 0 Å². The van der Waals surface area contributed by atoms with Crippen molar-refractivity contribution in [2.24, 2.45) is 0 Å². The van der Waals surface area contributed by atoms with Crippen LogP contribution in [-0.2, 0) is 0 Å². The molecule has 112 valence electrons. The highest BCUT2D eigenvalue weighted by Crippen LogP contribution is 2.25. The first-order chi connectivity index (χ1) is 9.93. The third-order valence-corrected chi connectivity index (χ3v) is 3.84. The highest BCUT2D eigenvalue weighted by Gasteiger charge is 2.15. The summed E-state index contributed by atoms with van der Waals surface area (Å²) in [4.78, 5) is 13.5. The number of benzene rings is 1. The molecule has 5 nitrogen and oxygen atoms in total. The lowest BCUT2D eigenvalue weighted by molar-refractivity contribution is 0.0821. The van der Waals surface area contributed by atoms with E-state index in [1.807, 2.05) is 25.4 Å². The fraction of sp³-hybridized carbons (Fsp3) is 0.333. The highest BCUT2D eigenvalue weighted by molar-refractivity contribution is 9.10. The third-order valence-electron chi connectivity index (χ3n) is 3.35. The fourth-order valence-electron chi connectivity index (χ4n) is 2.04. The van der Waals surface area contributed by atoms with Gasteiger partial charge in [-0.1, -0.05) is 15.9 Å². The van der Waals surface area contributed by atoms with Crippen molar-refractivity contribution in [3.63, 3.8) is 0 Å². The van der Waals surface area contributed by atoms with Crippen LogP contribution in [0, 0.1) is 0 Å². The van der Waals surface area contributed by atoms with E-state index in [9.17, 15) is 4.79 Å². The molecule has 0 spiro atoms. The zero-order valence-electron chi connectivity index (χ0n) is 12.6. The first-order valence-corrected chi connectivity index (χ1v) is 7.47. The van der Waals surface area contributed by atoms with Crippen molar-refractivity contribution in [1.82, 2.24) is 20.0 Å². The van der Waals surface area contributed by atoms with Crippen LogP contribution in [0.2, 0.25) is 0 Å². The first-order valence-electron chi connectivity index (χ1n) is 6.68. The van der Waals surface area contributed by atoms with E-state index >= 15 is 0 Å². The van der Waals surface area contributed by atoms with Gasteiger partial charge in [-0.3, -0.25) is 4.79 Å². The fourth-order valence-corrected chi connectivity index (χ4v) is 2.42. The largest absolute Gasteiger partial charge is 0.343 e. The summed E-state index contributed by atoms with van der Waals surface area (Å²) in [6.07, 6.45) is 1.81. The Morgan fingerprint density at radius 3 is 2.71 bits per heavy atom. The van der Waals surface area contributed by atoms with Crippen molar-refractivity contribution < 1.29 is 4.79 Å². The topological polar surface area (TPSA) is 50.2 Å². The van der Waals surface area contributed by atoms with Crippen LogP contribution < -0.4 is 5.32 Å². The molecule has 0 aliphatic heterocycles. The van der Waals surface area contributed by atoms with E-state index in [2.05, 4.69) is 39.3 Å². The van der Waals surface area contributed by atoms with Crippen LogP contribution in [-0.4, -0.2) is 41.7 Å². The number of aromatic nitrogens is 2. The molecule has 0 saturated heterocycles. The van der Waals surface area contributed by atoms with Crippen molar-refractivity contribution >= 4 is 21.8 Å². The molecule has 0 radical (unpaired) electrons. The van der Waals surface area contributed by atoms with Gasteiger partial charge in [-0.05, 0) is 43.8 Å². The Labute approximate surface area is 133 Å². The highest BCUT2D eigenvalue weighted by atomic mass is 79.9. The van der Waals surface area contributed by atoms with E-state index in [1.165, 1.54) is 4.90 Å². The summed E-state index contributed by atoms with van der Waals surface area (Å²) in [7, 11) is 5.35. The van der Waals surface area contributed by atoms with Crippen LogP contribution in [0.5, 0.6) is 0 Å². The van der Waals surface area contributed by atoms with Crippen LogP contribution in [0.1, 0.15) is 29.0 Å². The van der Waals surface area contributed by atoms with Gasteiger partial charge >= 0.3 is 0 Å². The summed E-state index contributed by atoms with van der Waals surface area (Å²) in [5.41, 5.74) is 2.50. The minimum atomic E-state index is -0.103. The SMILES string of the molecule is CNC(C)c1cc(Br)ccc1-n1ccc(C(=O)N(C)C)n1. The second-order valence-electron chi connectivity index (χ2n) is 5.06. The molecule has 2 rings (SSSR count). The number of rotatable bonds is 4. The number of hydrogen-bond acceptors (Lipinski definition) is 3. The Hall–Kier alpha value is -1.66. The molecule has 1 atom stereocenters. The number of carbonyl (C=O) groups excluding carboxylic acids is 1. The lowest BCUT2D eigenvalue weighted by atomic mass is 10.1. The zero-order chi connectivity index (χ0) is 15.6. The van der Waals surface area contributed by atoms with E-state index < -0.39 is 0 Å². The van der Waals surface area contributed by atoms with Crippen molar-refractivity contribution in [3.05, 3.63) is 46.2 Å². The van der Waals surface area contributed by atoms with Gasteiger partial charge in [0, 0.05) is 30.8 Å². The summed E-state index contributed by atoms with van der Waals surface area (Å²) < 4.78 is 2.76. The van der Waals surface area contributed by atoms with Gasteiger partial charge in [-0.15, -0.1) is 0 Å². The molecule has 2 aromatic rings. The van der Waals surface area contributed by atoms with E-state index in [0.717, 1.165) is 15.7 Å². The average molecular weight is 351 g/mol. The van der Waals surface area contributed by atoms with E-state index in [-0.39, 0.29) is 11.9 Å². The molecular weight excluding hydrogens is 332 g/mol. The number of nitrogens with zero attached hydrogens (tertiary/aromatic N) is 3. The molecule has 0 bridgehead atoms. The lowest BCUT2D eigenvalue weighted by Crippen LogP contribution is -2.22. The lowest BCUT2D eigenvalue weighted by Gasteiger charge is -2.16. The van der Waals surface area contributed by atoms with Crippen molar-refractivity contribution in [2.45, 2.75) is 13.0 Å². The smallest absolute Gasteiger partial charge is 0.273 e. The monoisotopic (exact) mass is 350 g/mol. The summed E-state index contributed by atoms with van der Waals surface area (Å²) in [6.45, 7) is 2.08. The minimum Gasteiger partial charge on any atom is -0.343 e. The quantitative estimate of drug-likeness (QED) is 0.921. The second kappa shape index (κ2) is 6.41. The van der Waals surface area contributed by atoms with E-state index in [0.29, 0.717) is 5.69 Å². The number of carbonyl (C=O) groups is 1. The molecule has 1 N–H and O–H groups in total. The number of amides is 1.